The van der Waals surface area contributed by atoms with E-state index in [1.165, 1.54) is 11.1 Å². The maximum Gasteiger partial charge on any atom is 0.257 e. The molecule has 2 heterocycles. The first-order valence-electron chi connectivity index (χ1n) is 9.75. The summed E-state index contributed by atoms with van der Waals surface area (Å²) in [6.45, 7) is 1.18. The lowest BCUT2D eigenvalue weighted by Crippen LogP contribution is -2.50. The third-order valence-electron chi connectivity index (χ3n) is 5.41. The van der Waals surface area contributed by atoms with Crippen molar-refractivity contribution in [3.05, 3.63) is 71.5 Å². The van der Waals surface area contributed by atoms with E-state index in [1.807, 2.05) is 42.5 Å². The zero-order valence-electron chi connectivity index (χ0n) is 15.5. The average molecular weight is 374 g/mol. The van der Waals surface area contributed by atoms with E-state index >= 15 is 0 Å². The highest BCUT2D eigenvalue weighted by molar-refractivity contribution is 5.83. The van der Waals surface area contributed by atoms with Crippen molar-refractivity contribution in [1.82, 2.24) is 20.4 Å². The van der Waals surface area contributed by atoms with Crippen molar-refractivity contribution in [3.8, 4) is 11.5 Å². The number of hydrogen-bond acceptors (Lipinski definition) is 5. The highest BCUT2D eigenvalue weighted by Crippen LogP contribution is 2.27. The molecule has 0 spiro atoms. The molecular formula is C22H22N4O2. The van der Waals surface area contributed by atoms with Crippen LogP contribution in [0.25, 0.3) is 11.5 Å². The zero-order chi connectivity index (χ0) is 18.9. The van der Waals surface area contributed by atoms with Gasteiger partial charge in [-0.3, -0.25) is 9.69 Å². The van der Waals surface area contributed by atoms with Gasteiger partial charge in [-0.05, 0) is 42.5 Å². The topological polar surface area (TPSA) is 71.3 Å². The molecule has 28 heavy (non-hydrogen) atoms. The van der Waals surface area contributed by atoms with E-state index in [9.17, 15) is 4.79 Å². The maximum absolute atomic E-state index is 12.9. The fraction of sp³-hybridized carbons (Fsp3) is 0.318. The minimum absolute atomic E-state index is 0.101. The van der Waals surface area contributed by atoms with Crippen molar-refractivity contribution in [2.24, 2.45) is 0 Å². The van der Waals surface area contributed by atoms with Crippen LogP contribution in [0, 0.1) is 0 Å². The average Bonchev–Trinajstić information content (AvgIpc) is 3.42. The second-order valence-corrected chi connectivity index (χ2v) is 7.56. The molecule has 1 aliphatic heterocycles. The van der Waals surface area contributed by atoms with Crippen LogP contribution in [0.1, 0.15) is 29.8 Å². The van der Waals surface area contributed by atoms with Crippen molar-refractivity contribution in [2.75, 3.05) is 0 Å². The van der Waals surface area contributed by atoms with E-state index in [0.29, 0.717) is 37.3 Å². The molecule has 1 aliphatic carbocycles. The van der Waals surface area contributed by atoms with E-state index < -0.39 is 0 Å². The second-order valence-electron chi connectivity index (χ2n) is 7.56. The van der Waals surface area contributed by atoms with Crippen LogP contribution >= 0.6 is 0 Å². The van der Waals surface area contributed by atoms with Crippen LogP contribution in [0.2, 0.25) is 0 Å². The second kappa shape index (κ2) is 7.20. The van der Waals surface area contributed by atoms with Gasteiger partial charge in [-0.1, -0.05) is 47.6 Å². The number of aromatic nitrogens is 2. The lowest BCUT2D eigenvalue weighted by atomic mass is 9.93. The summed E-state index contributed by atoms with van der Waals surface area (Å²) < 4.78 is 5.44. The Bertz CT molecular complexity index is 981. The van der Waals surface area contributed by atoms with E-state index in [-0.39, 0.29) is 11.9 Å². The zero-order valence-corrected chi connectivity index (χ0v) is 15.5. The van der Waals surface area contributed by atoms with Gasteiger partial charge in [0.1, 0.15) is 0 Å². The van der Waals surface area contributed by atoms with E-state index in [1.54, 1.807) is 0 Å². The summed E-state index contributed by atoms with van der Waals surface area (Å²) in [5.74, 6) is 1.21. The monoisotopic (exact) mass is 374 g/mol. The number of rotatable bonds is 5. The quantitative estimate of drug-likeness (QED) is 0.743. The van der Waals surface area contributed by atoms with Gasteiger partial charge in [-0.15, -0.1) is 0 Å². The Morgan fingerprint density at radius 1 is 1.07 bits per heavy atom. The summed E-state index contributed by atoms with van der Waals surface area (Å²) in [6.07, 6.45) is 2.87. The van der Waals surface area contributed by atoms with Crippen LogP contribution in [0.5, 0.6) is 0 Å². The standard InChI is InChI=1S/C22H22N4O2/c27-21(23-18-10-11-18)19-12-16-8-4-5-9-17(16)13-26(19)14-20-24-22(28-25-20)15-6-2-1-3-7-15/h1-9,18-19H,10-14H2,(H,23,27)/t19-/m1/s1. The van der Waals surface area contributed by atoms with Crippen LogP contribution in [-0.2, 0) is 24.3 Å². The Morgan fingerprint density at radius 3 is 2.61 bits per heavy atom. The van der Waals surface area contributed by atoms with Gasteiger partial charge >= 0.3 is 0 Å². The van der Waals surface area contributed by atoms with Crippen molar-refractivity contribution in [3.63, 3.8) is 0 Å². The summed E-state index contributed by atoms with van der Waals surface area (Å²) >= 11 is 0. The van der Waals surface area contributed by atoms with Crippen LogP contribution in [-0.4, -0.2) is 33.0 Å². The van der Waals surface area contributed by atoms with Gasteiger partial charge in [0.15, 0.2) is 5.82 Å². The highest BCUT2D eigenvalue weighted by atomic mass is 16.5. The van der Waals surface area contributed by atoms with Crippen molar-refractivity contribution in [1.29, 1.82) is 0 Å². The molecule has 6 heteroatoms. The molecule has 2 aromatic carbocycles. The summed E-state index contributed by atoms with van der Waals surface area (Å²) in [5.41, 5.74) is 3.39. The smallest absolute Gasteiger partial charge is 0.257 e. The molecule has 1 atom stereocenters. The van der Waals surface area contributed by atoms with E-state index in [0.717, 1.165) is 18.4 Å². The number of carbonyl (C=O) groups excluding carboxylic acids is 1. The van der Waals surface area contributed by atoms with Gasteiger partial charge in [-0.25, -0.2) is 0 Å². The summed E-state index contributed by atoms with van der Waals surface area (Å²) in [7, 11) is 0. The fourth-order valence-corrected chi connectivity index (χ4v) is 3.72. The van der Waals surface area contributed by atoms with Crippen LogP contribution in [0.3, 0.4) is 0 Å². The first-order valence-corrected chi connectivity index (χ1v) is 9.75. The van der Waals surface area contributed by atoms with Crippen LogP contribution < -0.4 is 5.32 Å². The molecule has 1 amide bonds. The lowest BCUT2D eigenvalue weighted by molar-refractivity contribution is -0.127. The lowest BCUT2D eigenvalue weighted by Gasteiger charge is -2.35. The number of amides is 1. The number of nitrogens with zero attached hydrogens (tertiary/aromatic N) is 3. The van der Waals surface area contributed by atoms with Gasteiger partial charge in [0.05, 0.1) is 12.6 Å². The van der Waals surface area contributed by atoms with Crippen molar-refractivity contribution >= 4 is 5.91 Å². The van der Waals surface area contributed by atoms with Gasteiger partial charge < -0.3 is 9.84 Å². The minimum Gasteiger partial charge on any atom is -0.352 e. The first kappa shape index (κ1) is 17.1. The third-order valence-corrected chi connectivity index (χ3v) is 5.41. The van der Waals surface area contributed by atoms with Gasteiger partial charge in [-0.2, -0.15) is 4.98 Å². The minimum atomic E-state index is -0.214. The fourth-order valence-electron chi connectivity index (χ4n) is 3.72. The van der Waals surface area contributed by atoms with Crippen LogP contribution in [0.15, 0.2) is 59.1 Å². The van der Waals surface area contributed by atoms with E-state index in [2.05, 4.69) is 32.5 Å². The normalized spacial score (nSPS) is 19.2. The number of hydrogen-bond donors (Lipinski definition) is 1. The molecule has 0 bridgehead atoms. The summed E-state index contributed by atoms with van der Waals surface area (Å²) in [5, 5.41) is 7.31. The number of carbonyl (C=O) groups is 1. The van der Waals surface area contributed by atoms with Gasteiger partial charge in [0.2, 0.25) is 5.91 Å². The Labute approximate surface area is 163 Å². The van der Waals surface area contributed by atoms with Gasteiger partial charge in [0.25, 0.3) is 5.89 Å². The summed E-state index contributed by atoms with van der Waals surface area (Å²) in [4.78, 5) is 19.6. The van der Waals surface area contributed by atoms with E-state index in [4.69, 9.17) is 4.52 Å². The van der Waals surface area contributed by atoms with Crippen LogP contribution in [0.4, 0.5) is 0 Å². The Balaban J connectivity index is 1.38. The molecule has 0 radical (unpaired) electrons. The molecule has 1 aromatic heterocycles. The molecule has 0 saturated heterocycles. The number of nitrogens with one attached hydrogen (secondary N) is 1. The molecule has 3 aromatic rings. The Hall–Kier alpha value is -2.99. The Morgan fingerprint density at radius 2 is 1.82 bits per heavy atom. The third kappa shape index (κ3) is 3.55. The number of fused-ring (bicyclic) bond motifs is 1. The molecular weight excluding hydrogens is 352 g/mol. The van der Waals surface area contributed by atoms with Crippen molar-refractivity contribution in [2.45, 2.75) is 44.4 Å². The molecule has 0 unspecified atom stereocenters. The van der Waals surface area contributed by atoms with Gasteiger partial charge in [0, 0.05) is 18.2 Å². The molecule has 2 aliphatic rings. The molecule has 1 fully saturated rings. The van der Waals surface area contributed by atoms with Crippen molar-refractivity contribution < 1.29 is 9.32 Å². The largest absolute Gasteiger partial charge is 0.352 e. The first-order chi connectivity index (χ1) is 13.8. The Kier molecular flexibility index (Phi) is 4.41. The predicted octanol–water partition coefficient (Wildman–Crippen LogP) is 2.94. The SMILES string of the molecule is O=C(NC1CC1)[C@H]1Cc2ccccc2CN1Cc1noc(-c2ccccc2)n1. The molecule has 1 N–H and O–H groups in total. The molecule has 6 nitrogen and oxygen atoms in total. The predicted molar refractivity (Wildman–Crippen MR) is 104 cm³/mol. The number of benzene rings is 2. The molecule has 1 saturated carbocycles. The summed E-state index contributed by atoms with van der Waals surface area (Å²) in [6, 6.07) is 18.2. The maximum atomic E-state index is 12.9. The molecule has 5 rings (SSSR count). The highest BCUT2D eigenvalue weighted by Gasteiger charge is 2.35. The molecule has 142 valence electrons.